The summed E-state index contributed by atoms with van der Waals surface area (Å²) in [5, 5.41) is 0. The Bertz CT molecular complexity index is 488. The van der Waals surface area contributed by atoms with Crippen molar-refractivity contribution in [2.45, 2.75) is 39.5 Å². The minimum absolute atomic E-state index is 0.163. The van der Waals surface area contributed by atoms with Gasteiger partial charge in [-0.05, 0) is 38.7 Å². The average molecular weight is 273 g/mol. The van der Waals surface area contributed by atoms with Crippen LogP contribution in [0.25, 0.3) is 0 Å². The van der Waals surface area contributed by atoms with E-state index in [1.165, 1.54) is 11.1 Å². The molecule has 0 unspecified atom stereocenters. The molecule has 1 aliphatic heterocycles. The molecule has 0 N–H and O–H groups in total. The Morgan fingerprint density at radius 1 is 1.25 bits per heavy atom. The Labute approximate surface area is 121 Å². The summed E-state index contributed by atoms with van der Waals surface area (Å²) in [4.78, 5) is 25.4. The molecule has 0 spiro atoms. The van der Waals surface area contributed by atoms with Crippen LogP contribution in [0.15, 0.2) is 24.3 Å². The van der Waals surface area contributed by atoms with Gasteiger partial charge in [-0.3, -0.25) is 9.59 Å². The Hall–Kier alpha value is -1.64. The Kier molecular flexibility index (Phi) is 4.94. The fraction of sp³-hybridized carbons (Fsp3) is 0.529. The van der Waals surface area contributed by atoms with Crippen LogP contribution >= 0.6 is 0 Å². The molecule has 3 nitrogen and oxygen atoms in total. The summed E-state index contributed by atoms with van der Waals surface area (Å²) < 4.78 is 0. The van der Waals surface area contributed by atoms with Gasteiger partial charge in [0.25, 0.3) is 0 Å². The fourth-order valence-electron chi connectivity index (χ4n) is 2.81. The summed E-state index contributed by atoms with van der Waals surface area (Å²) in [6, 6.07) is 8.31. The lowest BCUT2D eigenvalue weighted by Gasteiger charge is -2.31. The molecule has 1 aromatic rings. The van der Waals surface area contributed by atoms with Gasteiger partial charge in [0.1, 0.15) is 5.78 Å². The molecule has 0 atom stereocenters. The largest absolute Gasteiger partial charge is 0.343 e. The number of hydrogen-bond acceptors (Lipinski definition) is 2. The van der Waals surface area contributed by atoms with E-state index in [1.54, 1.807) is 6.92 Å². The van der Waals surface area contributed by atoms with E-state index < -0.39 is 0 Å². The molecule has 1 aliphatic rings. The van der Waals surface area contributed by atoms with Gasteiger partial charge < -0.3 is 4.90 Å². The second-order valence-electron chi connectivity index (χ2n) is 5.75. The van der Waals surface area contributed by atoms with Crippen LogP contribution in [0, 0.1) is 12.8 Å². The van der Waals surface area contributed by atoms with Crippen molar-refractivity contribution in [1.29, 1.82) is 0 Å². The van der Waals surface area contributed by atoms with Gasteiger partial charge in [-0.1, -0.05) is 29.8 Å². The van der Waals surface area contributed by atoms with Crippen LogP contribution in [-0.2, 0) is 16.0 Å². The third-order valence-electron chi connectivity index (χ3n) is 4.13. The minimum Gasteiger partial charge on any atom is -0.343 e. The van der Waals surface area contributed by atoms with E-state index in [0.29, 0.717) is 6.42 Å². The molecule has 0 aliphatic carbocycles. The van der Waals surface area contributed by atoms with Gasteiger partial charge in [-0.15, -0.1) is 0 Å². The number of likely N-dealkylation sites (tertiary alicyclic amines) is 1. The maximum Gasteiger partial charge on any atom is 0.222 e. The highest BCUT2D eigenvalue weighted by molar-refractivity contribution is 5.79. The SMILES string of the molecule is CC(=O)C1CCN(C(=O)CCc2cccc(C)c2)CC1. The van der Waals surface area contributed by atoms with E-state index in [-0.39, 0.29) is 17.6 Å². The van der Waals surface area contributed by atoms with Crippen molar-refractivity contribution in [2.24, 2.45) is 5.92 Å². The van der Waals surface area contributed by atoms with Crippen molar-refractivity contribution in [3.63, 3.8) is 0 Å². The second-order valence-corrected chi connectivity index (χ2v) is 5.75. The molecule has 1 fully saturated rings. The second kappa shape index (κ2) is 6.69. The fourth-order valence-corrected chi connectivity index (χ4v) is 2.81. The summed E-state index contributed by atoms with van der Waals surface area (Å²) in [6.07, 6.45) is 3.01. The summed E-state index contributed by atoms with van der Waals surface area (Å²) in [6.45, 7) is 5.19. The van der Waals surface area contributed by atoms with Crippen LogP contribution in [-0.4, -0.2) is 29.7 Å². The van der Waals surface area contributed by atoms with Crippen molar-refractivity contribution >= 4 is 11.7 Å². The van der Waals surface area contributed by atoms with Crippen LogP contribution in [0.5, 0.6) is 0 Å². The topological polar surface area (TPSA) is 37.4 Å². The van der Waals surface area contributed by atoms with Gasteiger partial charge in [0.15, 0.2) is 0 Å². The quantitative estimate of drug-likeness (QED) is 0.846. The summed E-state index contributed by atoms with van der Waals surface area (Å²) in [5.41, 5.74) is 2.45. The molecular formula is C17H23NO2. The molecule has 1 heterocycles. The van der Waals surface area contributed by atoms with E-state index in [2.05, 4.69) is 25.1 Å². The molecule has 0 aromatic heterocycles. The first-order valence-corrected chi connectivity index (χ1v) is 7.40. The summed E-state index contributed by atoms with van der Waals surface area (Å²) >= 11 is 0. The number of Topliss-reactive ketones (excluding diaryl/α,β-unsaturated/α-hetero) is 1. The lowest BCUT2D eigenvalue weighted by molar-refractivity contribution is -0.134. The lowest BCUT2D eigenvalue weighted by Crippen LogP contribution is -2.40. The molecule has 0 radical (unpaired) electrons. The molecule has 3 heteroatoms. The van der Waals surface area contributed by atoms with E-state index in [9.17, 15) is 9.59 Å². The number of piperidine rings is 1. The number of nitrogens with zero attached hydrogens (tertiary/aromatic N) is 1. The van der Waals surface area contributed by atoms with Crippen LogP contribution in [0.4, 0.5) is 0 Å². The Morgan fingerprint density at radius 3 is 2.55 bits per heavy atom. The smallest absolute Gasteiger partial charge is 0.222 e. The van der Waals surface area contributed by atoms with E-state index in [4.69, 9.17) is 0 Å². The number of benzene rings is 1. The highest BCUT2D eigenvalue weighted by Gasteiger charge is 2.24. The van der Waals surface area contributed by atoms with Gasteiger partial charge >= 0.3 is 0 Å². The van der Waals surface area contributed by atoms with Crippen molar-refractivity contribution in [3.8, 4) is 0 Å². The first-order valence-electron chi connectivity index (χ1n) is 7.40. The molecule has 1 aromatic carbocycles. The normalized spacial score (nSPS) is 16.2. The summed E-state index contributed by atoms with van der Waals surface area (Å²) in [7, 11) is 0. The molecule has 0 bridgehead atoms. The zero-order valence-corrected chi connectivity index (χ0v) is 12.4. The zero-order valence-electron chi connectivity index (χ0n) is 12.4. The molecule has 20 heavy (non-hydrogen) atoms. The van der Waals surface area contributed by atoms with Gasteiger partial charge in [0.2, 0.25) is 5.91 Å². The van der Waals surface area contributed by atoms with Gasteiger partial charge in [0, 0.05) is 25.4 Å². The Balaban J connectivity index is 1.80. The van der Waals surface area contributed by atoms with E-state index in [1.807, 2.05) is 11.0 Å². The third-order valence-corrected chi connectivity index (χ3v) is 4.13. The molecular weight excluding hydrogens is 250 g/mol. The Morgan fingerprint density at radius 2 is 1.95 bits per heavy atom. The number of carbonyl (C=O) groups excluding carboxylic acids is 2. The number of ketones is 1. The highest BCUT2D eigenvalue weighted by Crippen LogP contribution is 2.19. The maximum absolute atomic E-state index is 12.2. The highest BCUT2D eigenvalue weighted by atomic mass is 16.2. The maximum atomic E-state index is 12.2. The van der Waals surface area contributed by atoms with Crippen molar-refractivity contribution in [2.75, 3.05) is 13.1 Å². The molecule has 108 valence electrons. The zero-order chi connectivity index (χ0) is 14.5. The van der Waals surface area contributed by atoms with Gasteiger partial charge in [-0.25, -0.2) is 0 Å². The first-order chi connectivity index (χ1) is 9.56. The summed E-state index contributed by atoms with van der Waals surface area (Å²) in [5.74, 6) is 0.640. The number of aryl methyl sites for hydroxylation is 2. The van der Waals surface area contributed by atoms with Crippen LogP contribution < -0.4 is 0 Å². The van der Waals surface area contributed by atoms with Gasteiger partial charge in [-0.2, -0.15) is 0 Å². The van der Waals surface area contributed by atoms with Gasteiger partial charge in [0.05, 0.1) is 0 Å². The number of carbonyl (C=O) groups is 2. The number of amides is 1. The number of rotatable bonds is 4. The monoisotopic (exact) mass is 273 g/mol. The van der Waals surface area contributed by atoms with Crippen molar-refractivity contribution in [3.05, 3.63) is 35.4 Å². The average Bonchev–Trinajstić information content (AvgIpc) is 2.45. The molecule has 2 rings (SSSR count). The number of hydrogen-bond donors (Lipinski definition) is 0. The molecule has 0 saturated carbocycles. The minimum atomic E-state index is 0.163. The van der Waals surface area contributed by atoms with E-state index >= 15 is 0 Å². The van der Waals surface area contributed by atoms with E-state index in [0.717, 1.165) is 32.4 Å². The van der Waals surface area contributed by atoms with Crippen molar-refractivity contribution in [1.82, 2.24) is 4.90 Å². The van der Waals surface area contributed by atoms with Crippen molar-refractivity contribution < 1.29 is 9.59 Å². The van der Waals surface area contributed by atoms with Crippen LogP contribution in [0.2, 0.25) is 0 Å². The standard InChI is InChI=1S/C17H23NO2/c1-13-4-3-5-15(12-13)6-7-17(20)18-10-8-16(9-11-18)14(2)19/h3-5,12,16H,6-11H2,1-2H3. The third kappa shape index (κ3) is 3.92. The molecule has 1 saturated heterocycles. The predicted molar refractivity (Wildman–Crippen MR) is 79.5 cm³/mol. The molecule has 1 amide bonds. The first kappa shape index (κ1) is 14.8. The van der Waals surface area contributed by atoms with Crippen LogP contribution in [0.3, 0.4) is 0 Å². The lowest BCUT2D eigenvalue weighted by atomic mass is 9.93. The van der Waals surface area contributed by atoms with Crippen LogP contribution in [0.1, 0.15) is 37.3 Å². The predicted octanol–water partition coefficient (Wildman–Crippen LogP) is 2.76.